The summed E-state index contributed by atoms with van der Waals surface area (Å²) in [6, 6.07) is 6.56. The first-order valence-corrected chi connectivity index (χ1v) is 11.9. The Morgan fingerprint density at radius 2 is 1.97 bits per heavy atom. The molecule has 0 aliphatic carbocycles. The van der Waals surface area contributed by atoms with Gasteiger partial charge in [0.25, 0.3) is 0 Å². The van der Waals surface area contributed by atoms with Gasteiger partial charge in [0, 0.05) is 62.1 Å². The second kappa shape index (κ2) is 9.98. The molecule has 0 amide bonds. The zero-order chi connectivity index (χ0) is 20.8. The average Bonchev–Trinajstić information content (AvgIpc) is 3.53. The number of fused-ring (bicyclic) bond motifs is 1. The molecule has 1 saturated heterocycles. The van der Waals surface area contributed by atoms with Crippen molar-refractivity contribution in [2.24, 2.45) is 4.99 Å². The third-order valence-corrected chi connectivity index (χ3v) is 6.72. The Hall–Kier alpha value is -2.54. The summed E-state index contributed by atoms with van der Waals surface area (Å²) in [5.74, 6) is 0.846. The van der Waals surface area contributed by atoms with E-state index < -0.39 is 0 Å². The largest absolute Gasteiger partial charge is 0.361 e. The molecular weight excluding hydrogens is 392 g/mol. The molecule has 2 aromatic heterocycles. The van der Waals surface area contributed by atoms with Crippen LogP contribution in [0.2, 0.25) is 0 Å². The lowest BCUT2D eigenvalue weighted by Crippen LogP contribution is -2.39. The fraction of sp³-hybridized carbons (Fsp3) is 0.478. The van der Waals surface area contributed by atoms with E-state index in [0.29, 0.717) is 0 Å². The molecule has 0 unspecified atom stereocenters. The molecule has 3 heterocycles. The molecule has 1 aliphatic rings. The molecule has 1 aliphatic heterocycles. The van der Waals surface area contributed by atoms with Crippen LogP contribution in [-0.2, 0) is 19.3 Å². The van der Waals surface area contributed by atoms with Crippen molar-refractivity contribution in [2.75, 3.05) is 38.1 Å². The van der Waals surface area contributed by atoms with Crippen LogP contribution in [0.15, 0.2) is 34.8 Å². The minimum absolute atomic E-state index is 0.829. The maximum Gasteiger partial charge on any atom is 0.190 e. The van der Waals surface area contributed by atoms with E-state index in [4.69, 9.17) is 4.98 Å². The van der Waals surface area contributed by atoms with Crippen LogP contribution < -0.4 is 15.5 Å². The van der Waals surface area contributed by atoms with Crippen molar-refractivity contribution in [3.63, 3.8) is 0 Å². The van der Waals surface area contributed by atoms with E-state index in [1.165, 1.54) is 40.0 Å². The SMILES string of the molecule is CCc1cccc2c(CCNC(=NC)NCCc3csc(N4CCCC4)n3)c[nH]c12. The number of guanidine groups is 1. The molecule has 3 aromatic rings. The number of aromatic nitrogens is 2. The Kier molecular flexibility index (Phi) is 6.89. The monoisotopic (exact) mass is 424 g/mol. The smallest absolute Gasteiger partial charge is 0.190 e. The van der Waals surface area contributed by atoms with E-state index in [0.717, 1.165) is 57.1 Å². The lowest BCUT2D eigenvalue weighted by atomic mass is 10.1. The molecule has 30 heavy (non-hydrogen) atoms. The van der Waals surface area contributed by atoms with Gasteiger partial charge in [-0.2, -0.15) is 0 Å². The number of benzene rings is 1. The summed E-state index contributed by atoms with van der Waals surface area (Å²) in [5, 5.41) is 11.5. The molecule has 1 aromatic carbocycles. The van der Waals surface area contributed by atoms with Crippen molar-refractivity contribution in [1.82, 2.24) is 20.6 Å². The van der Waals surface area contributed by atoms with Gasteiger partial charge in [-0.3, -0.25) is 4.99 Å². The lowest BCUT2D eigenvalue weighted by molar-refractivity contribution is 0.778. The van der Waals surface area contributed by atoms with Crippen LogP contribution in [0.3, 0.4) is 0 Å². The van der Waals surface area contributed by atoms with E-state index in [2.05, 4.69) is 62.2 Å². The number of para-hydroxylation sites is 1. The third-order valence-electron chi connectivity index (χ3n) is 5.77. The number of hydrogen-bond acceptors (Lipinski definition) is 4. The molecule has 0 radical (unpaired) electrons. The second-order valence-corrected chi connectivity index (χ2v) is 8.59. The summed E-state index contributed by atoms with van der Waals surface area (Å²) < 4.78 is 0. The molecule has 3 N–H and O–H groups in total. The van der Waals surface area contributed by atoms with Crippen molar-refractivity contribution < 1.29 is 0 Å². The van der Waals surface area contributed by atoms with E-state index in [1.807, 2.05) is 7.05 Å². The molecule has 0 atom stereocenters. The van der Waals surface area contributed by atoms with E-state index in [-0.39, 0.29) is 0 Å². The number of nitrogens with one attached hydrogen (secondary N) is 3. The van der Waals surface area contributed by atoms with Gasteiger partial charge >= 0.3 is 0 Å². The van der Waals surface area contributed by atoms with Crippen LogP contribution in [0.5, 0.6) is 0 Å². The number of rotatable bonds is 8. The summed E-state index contributed by atoms with van der Waals surface area (Å²) in [6.45, 7) is 6.18. The predicted molar refractivity (Wildman–Crippen MR) is 128 cm³/mol. The van der Waals surface area contributed by atoms with Crippen LogP contribution in [0.25, 0.3) is 10.9 Å². The number of aryl methyl sites for hydroxylation is 1. The Labute approximate surface area is 182 Å². The zero-order valence-electron chi connectivity index (χ0n) is 18.0. The quantitative estimate of drug-likeness (QED) is 0.381. The number of aliphatic imine (C=N–C) groups is 1. The van der Waals surface area contributed by atoms with Crippen LogP contribution in [-0.4, -0.2) is 49.2 Å². The lowest BCUT2D eigenvalue weighted by Gasteiger charge is -2.12. The minimum atomic E-state index is 0.829. The van der Waals surface area contributed by atoms with E-state index in [9.17, 15) is 0 Å². The van der Waals surface area contributed by atoms with Crippen molar-refractivity contribution >= 4 is 33.3 Å². The van der Waals surface area contributed by atoms with E-state index >= 15 is 0 Å². The summed E-state index contributed by atoms with van der Waals surface area (Å²) in [5.41, 5.74) is 5.16. The maximum absolute atomic E-state index is 4.79. The van der Waals surface area contributed by atoms with Gasteiger partial charge in [0.15, 0.2) is 11.1 Å². The minimum Gasteiger partial charge on any atom is -0.361 e. The van der Waals surface area contributed by atoms with Crippen molar-refractivity contribution in [3.8, 4) is 0 Å². The highest BCUT2D eigenvalue weighted by atomic mass is 32.1. The molecule has 6 nitrogen and oxygen atoms in total. The zero-order valence-corrected chi connectivity index (χ0v) is 18.8. The first kappa shape index (κ1) is 20.7. The number of hydrogen-bond donors (Lipinski definition) is 3. The van der Waals surface area contributed by atoms with Crippen LogP contribution >= 0.6 is 11.3 Å². The Morgan fingerprint density at radius 1 is 1.17 bits per heavy atom. The fourth-order valence-corrected chi connectivity index (χ4v) is 5.00. The number of H-pyrrole nitrogens is 1. The highest BCUT2D eigenvalue weighted by Gasteiger charge is 2.15. The predicted octanol–water partition coefficient (Wildman–Crippen LogP) is 3.74. The van der Waals surface area contributed by atoms with Gasteiger partial charge in [-0.15, -0.1) is 11.3 Å². The summed E-state index contributed by atoms with van der Waals surface area (Å²) >= 11 is 1.77. The molecule has 0 saturated carbocycles. The van der Waals surface area contributed by atoms with Crippen LogP contribution in [0, 0.1) is 0 Å². The standard InChI is InChI=1S/C23H32N6S/c1-3-17-7-6-8-20-18(15-27-21(17)20)9-11-25-22(24-2)26-12-10-19-16-30-23(28-19)29-13-4-5-14-29/h6-8,15-16,27H,3-5,9-14H2,1-2H3,(H2,24,25,26). The van der Waals surface area contributed by atoms with Gasteiger partial charge in [-0.05, 0) is 36.8 Å². The molecule has 4 rings (SSSR count). The Balaban J connectivity index is 1.23. The molecule has 0 bridgehead atoms. The number of aromatic amines is 1. The maximum atomic E-state index is 4.79. The van der Waals surface area contributed by atoms with Gasteiger partial charge in [0.05, 0.1) is 5.69 Å². The molecule has 1 fully saturated rings. The van der Waals surface area contributed by atoms with Crippen molar-refractivity contribution in [2.45, 2.75) is 39.0 Å². The summed E-state index contributed by atoms with van der Waals surface area (Å²) in [7, 11) is 1.82. The van der Waals surface area contributed by atoms with E-state index in [1.54, 1.807) is 11.3 Å². The van der Waals surface area contributed by atoms with Crippen molar-refractivity contribution in [1.29, 1.82) is 0 Å². The number of anilines is 1. The summed E-state index contributed by atoms with van der Waals surface area (Å²) in [4.78, 5) is 15.0. The normalized spacial score (nSPS) is 14.6. The molecule has 160 valence electrons. The van der Waals surface area contributed by atoms with Crippen LogP contribution in [0.4, 0.5) is 5.13 Å². The van der Waals surface area contributed by atoms with Gasteiger partial charge in [0.1, 0.15) is 0 Å². The Bertz CT molecular complexity index is 983. The third kappa shape index (κ3) is 4.78. The summed E-state index contributed by atoms with van der Waals surface area (Å²) in [6.07, 6.45) is 7.63. The van der Waals surface area contributed by atoms with Gasteiger partial charge < -0.3 is 20.5 Å². The molecule has 7 heteroatoms. The molecular formula is C23H32N6S. The Morgan fingerprint density at radius 3 is 2.73 bits per heavy atom. The van der Waals surface area contributed by atoms with Crippen LogP contribution in [0.1, 0.15) is 36.6 Å². The van der Waals surface area contributed by atoms with Gasteiger partial charge in [0.2, 0.25) is 0 Å². The second-order valence-electron chi connectivity index (χ2n) is 7.75. The molecule has 0 spiro atoms. The van der Waals surface area contributed by atoms with Gasteiger partial charge in [-0.1, -0.05) is 25.1 Å². The topological polar surface area (TPSA) is 68.3 Å². The fourth-order valence-electron chi connectivity index (χ4n) is 4.09. The first-order valence-electron chi connectivity index (χ1n) is 11.0. The first-order chi connectivity index (χ1) is 14.8. The average molecular weight is 425 g/mol. The number of nitrogens with zero attached hydrogens (tertiary/aromatic N) is 3. The highest BCUT2D eigenvalue weighted by molar-refractivity contribution is 7.13. The highest BCUT2D eigenvalue weighted by Crippen LogP contribution is 2.24. The number of thiazole rings is 1. The van der Waals surface area contributed by atoms with Crippen molar-refractivity contribution in [3.05, 3.63) is 46.6 Å². The van der Waals surface area contributed by atoms with Gasteiger partial charge in [-0.25, -0.2) is 4.98 Å².